The molecule has 5 rings (SSSR count). The molecule has 8 nitrogen and oxygen atoms in total. The number of amides is 1. The largest absolute Gasteiger partial charge is 0.497 e. The van der Waals surface area contributed by atoms with Crippen LogP contribution in [0.3, 0.4) is 0 Å². The second kappa shape index (κ2) is 8.44. The number of ether oxygens (including phenoxy) is 1. The Morgan fingerprint density at radius 3 is 2.67 bits per heavy atom. The summed E-state index contributed by atoms with van der Waals surface area (Å²) in [5.41, 5.74) is 3.19. The molecule has 1 saturated heterocycles. The van der Waals surface area contributed by atoms with Crippen LogP contribution in [-0.2, 0) is 9.84 Å². The first kappa shape index (κ1) is 21.9. The van der Waals surface area contributed by atoms with Crippen molar-refractivity contribution in [3.05, 3.63) is 41.6 Å². The molecule has 2 aliphatic rings. The molecule has 9 heteroatoms. The van der Waals surface area contributed by atoms with Gasteiger partial charge in [0.25, 0.3) is 5.91 Å². The maximum absolute atomic E-state index is 13.4. The molecule has 1 aliphatic carbocycles. The molecule has 1 saturated carbocycles. The molecule has 1 atom stereocenters. The van der Waals surface area contributed by atoms with E-state index in [0.717, 1.165) is 31.2 Å². The van der Waals surface area contributed by atoms with Gasteiger partial charge in [0, 0.05) is 11.6 Å². The van der Waals surface area contributed by atoms with Crippen molar-refractivity contribution < 1.29 is 17.9 Å². The maximum Gasteiger partial charge on any atom is 0.252 e. The Labute approximate surface area is 193 Å². The highest BCUT2D eigenvalue weighted by atomic mass is 32.2. The lowest BCUT2D eigenvalue weighted by atomic mass is 10.0. The lowest BCUT2D eigenvalue weighted by Gasteiger charge is -2.15. The molecule has 1 amide bonds. The number of nitrogens with zero attached hydrogens (tertiary/aromatic N) is 3. The molecule has 3 aromatic rings. The lowest BCUT2D eigenvalue weighted by molar-refractivity contribution is 0.0939. The van der Waals surface area contributed by atoms with Crippen molar-refractivity contribution in [1.29, 1.82) is 0 Å². The van der Waals surface area contributed by atoms with Gasteiger partial charge in [-0.3, -0.25) is 4.79 Å². The second-order valence-corrected chi connectivity index (χ2v) is 11.3. The van der Waals surface area contributed by atoms with Crippen LogP contribution < -0.4 is 10.1 Å². The van der Waals surface area contributed by atoms with Crippen LogP contribution in [0.25, 0.3) is 22.3 Å². The van der Waals surface area contributed by atoms with E-state index in [-0.39, 0.29) is 29.5 Å². The smallest absolute Gasteiger partial charge is 0.252 e. The van der Waals surface area contributed by atoms with Crippen molar-refractivity contribution in [3.8, 4) is 17.0 Å². The number of hydrogen-bond donors (Lipinski definition) is 1. The minimum absolute atomic E-state index is 0.0396. The average Bonchev–Trinajstić information content (AvgIpc) is 3.52. The van der Waals surface area contributed by atoms with E-state index in [1.165, 1.54) is 0 Å². The minimum Gasteiger partial charge on any atom is -0.497 e. The molecule has 3 heterocycles. The van der Waals surface area contributed by atoms with Gasteiger partial charge in [-0.15, -0.1) is 0 Å². The SMILES string of the molecule is COc1cccc(-c2cc(C(=O)NC3CCCC3)c3c(C)nn(C4CCS(=O)(=O)C4)c3n2)c1. The van der Waals surface area contributed by atoms with Crippen LogP contribution in [0.15, 0.2) is 30.3 Å². The van der Waals surface area contributed by atoms with Gasteiger partial charge >= 0.3 is 0 Å². The summed E-state index contributed by atoms with van der Waals surface area (Å²) >= 11 is 0. The molecule has 1 N–H and O–H groups in total. The molecule has 1 aliphatic heterocycles. The Hall–Kier alpha value is -2.94. The molecule has 2 fully saturated rings. The summed E-state index contributed by atoms with van der Waals surface area (Å²) in [5, 5.41) is 8.53. The van der Waals surface area contributed by atoms with Gasteiger partial charge in [-0.25, -0.2) is 18.1 Å². The van der Waals surface area contributed by atoms with Gasteiger partial charge in [-0.05, 0) is 44.4 Å². The highest BCUT2D eigenvalue weighted by molar-refractivity contribution is 7.91. The molecule has 1 unspecified atom stereocenters. The number of carbonyl (C=O) groups is 1. The first-order valence-electron chi connectivity index (χ1n) is 11.4. The molecule has 0 radical (unpaired) electrons. The minimum atomic E-state index is -3.10. The zero-order chi connectivity index (χ0) is 23.2. The molecule has 0 bridgehead atoms. The number of hydrogen-bond acceptors (Lipinski definition) is 6. The average molecular weight is 469 g/mol. The molecule has 2 aromatic heterocycles. The third-order valence-electron chi connectivity index (χ3n) is 6.69. The predicted molar refractivity (Wildman–Crippen MR) is 126 cm³/mol. The molecule has 33 heavy (non-hydrogen) atoms. The Morgan fingerprint density at radius 1 is 1.18 bits per heavy atom. The number of aryl methyl sites for hydroxylation is 1. The number of nitrogens with one attached hydrogen (secondary N) is 1. The summed E-state index contributed by atoms with van der Waals surface area (Å²) in [6.45, 7) is 1.85. The quantitative estimate of drug-likeness (QED) is 0.615. The summed E-state index contributed by atoms with van der Waals surface area (Å²) in [6, 6.07) is 9.23. The van der Waals surface area contributed by atoms with Crippen LogP contribution in [0.5, 0.6) is 5.75 Å². The lowest BCUT2D eigenvalue weighted by Crippen LogP contribution is -2.32. The van der Waals surface area contributed by atoms with Gasteiger partial charge in [0.05, 0.1) is 47.0 Å². The highest BCUT2D eigenvalue weighted by Crippen LogP contribution is 2.33. The van der Waals surface area contributed by atoms with E-state index >= 15 is 0 Å². The van der Waals surface area contributed by atoms with Crippen molar-refractivity contribution in [3.63, 3.8) is 0 Å². The van der Waals surface area contributed by atoms with Crippen LogP contribution in [-0.4, -0.2) is 53.7 Å². The Kier molecular flexibility index (Phi) is 5.60. The number of pyridine rings is 1. The van der Waals surface area contributed by atoms with E-state index in [4.69, 9.17) is 9.72 Å². The number of carbonyl (C=O) groups excluding carboxylic acids is 1. The number of aromatic nitrogens is 3. The Bertz CT molecular complexity index is 1330. The van der Waals surface area contributed by atoms with E-state index in [2.05, 4.69) is 10.4 Å². The van der Waals surface area contributed by atoms with E-state index in [1.54, 1.807) is 11.8 Å². The summed E-state index contributed by atoms with van der Waals surface area (Å²) in [5.74, 6) is 0.735. The molecular formula is C24H28N4O4S. The molecular weight excluding hydrogens is 440 g/mol. The summed E-state index contributed by atoms with van der Waals surface area (Å²) in [6.07, 6.45) is 4.72. The van der Waals surface area contributed by atoms with Crippen LogP contribution in [0.2, 0.25) is 0 Å². The topological polar surface area (TPSA) is 103 Å². The highest BCUT2D eigenvalue weighted by Gasteiger charge is 2.32. The van der Waals surface area contributed by atoms with Gasteiger partial charge in [0.1, 0.15) is 5.75 Å². The fraction of sp³-hybridized carbons (Fsp3) is 0.458. The van der Waals surface area contributed by atoms with E-state index in [0.29, 0.717) is 40.2 Å². The zero-order valence-electron chi connectivity index (χ0n) is 18.9. The monoisotopic (exact) mass is 468 g/mol. The van der Waals surface area contributed by atoms with Crippen molar-refractivity contribution in [1.82, 2.24) is 20.1 Å². The third-order valence-corrected chi connectivity index (χ3v) is 8.44. The predicted octanol–water partition coefficient (Wildman–Crippen LogP) is 3.45. The van der Waals surface area contributed by atoms with Crippen molar-refractivity contribution in [2.24, 2.45) is 0 Å². The molecule has 174 valence electrons. The normalized spacial score (nSPS) is 20.4. The number of rotatable bonds is 5. The van der Waals surface area contributed by atoms with E-state index in [9.17, 15) is 13.2 Å². The molecule has 1 aromatic carbocycles. The van der Waals surface area contributed by atoms with Gasteiger partial charge in [-0.2, -0.15) is 5.10 Å². The number of fused-ring (bicyclic) bond motifs is 1. The number of methoxy groups -OCH3 is 1. The van der Waals surface area contributed by atoms with Crippen LogP contribution in [0.1, 0.15) is 54.2 Å². The van der Waals surface area contributed by atoms with Crippen molar-refractivity contribution in [2.45, 2.75) is 51.1 Å². The van der Waals surface area contributed by atoms with Crippen molar-refractivity contribution >= 4 is 26.8 Å². The number of benzene rings is 1. The summed E-state index contributed by atoms with van der Waals surface area (Å²) in [7, 11) is -1.49. The standard InChI is InChI=1S/C24H28N4O4S/c1-15-22-20(24(29)25-17-7-3-4-8-17)13-21(16-6-5-9-19(12-16)32-2)26-23(22)28(27-15)18-10-11-33(30,31)14-18/h5-6,9,12-13,17-18H,3-4,7-8,10-11,14H2,1-2H3,(H,25,29). The summed E-state index contributed by atoms with van der Waals surface area (Å²) < 4.78 is 31.4. The Balaban J connectivity index is 1.67. The second-order valence-electron chi connectivity index (χ2n) is 9.03. The van der Waals surface area contributed by atoms with Gasteiger partial charge < -0.3 is 10.1 Å². The van der Waals surface area contributed by atoms with E-state index < -0.39 is 9.84 Å². The fourth-order valence-corrected chi connectivity index (χ4v) is 6.67. The van der Waals surface area contributed by atoms with Gasteiger partial charge in [0.2, 0.25) is 0 Å². The fourth-order valence-electron chi connectivity index (χ4n) is 4.98. The van der Waals surface area contributed by atoms with Gasteiger partial charge in [0.15, 0.2) is 15.5 Å². The Morgan fingerprint density at radius 2 is 1.97 bits per heavy atom. The maximum atomic E-state index is 13.4. The van der Waals surface area contributed by atoms with Gasteiger partial charge in [-0.1, -0.05) is 25.0 Å². The first-order valence-corrected chi connectivity index (χ1v) is 13.2. The van der Waals surface area contributed by atoms with Crippen molar-refractivity contribution in [2.75, 3.05) is 18.6 Å². The third kappa shape index (κ3) is 4.21. The zero-order valence-corrected chi connectivity index (χ0v) is 19.7. The first-order chi connectivity index (χ1) is 15.8. The van der Waals surface area contributed by atoms with Crippen LogP contribution in [0, 0.1) is 6.92 Å². The molecule has 0 spiro atoms. The van der Waals surface area contributed by atoms with Crippen LogP contribution in [0.4, 0.5) is 0 Å². The number of sulfone groups is 1. The summed E-state index contributed by atoms with van der Waals surface area (Å²) in [4.78, 5) is 18.3. The van der Waals surface area contributed by atoms with Crippen LogP contribution >= 0.6 is 0 Å². The van der Waals surface area contributed by atoms with E-state index in [1.807, 2.05) is 37.3 Å².